The van der Waals surface area contributed by atoms with E-state index in [1.165, 1.54) is 5.70 Å². The molecule has 0 aromatic rings. The van der Waals surface area contributed by atoms with E-state index in [0.717, 1.165) is 6.08 Å². The average molecular weight is 99.1 g/mol. The Kier molecular flexibility index (Phi) is 2.40. The average Bonchev–Trinajstić information content (AvgIpc) is 1.35. The van der Waals surface area contributed by atoms with Gasteiger partial charge in [0, 0.05) is 6.08 Å². The van der Waals surface area contributed by atoms with Crippen molar-refractivity contribution in [1.82, 2.24) is 0 Å². The topological polar surface area (TPSA) is 37.3 Å². The fraction of sp³-hybridized carbons (Fsp3) is 0. The van der Waals surface area contributed by atoms with Gasteiger partial charge in [-0.1, -0.05) is 5.70 Å². The summed E-state index contributed by atoms with van der Waals surface area (Å²) in [4.78, 5) is 9.48. The van der Waals surface area contributed by atoms with Crippen LogP contribution in [0.2, 0.25) is 0 Å². The van der Waals surface area contributed by atoms with Crippen molar-refractivity contribution in [3.63, 3.8) is 0 Å². The van der Waals surface area contributed by atoms with Gasteiger partial charge in [0.15, 0.2) is 0 Å². The second-order valence-corrected chi connectivity index (χ2v) is 1.00. The summed E-state index contributed by atoms with van der Waals surface area (Å²) in [5.41, 5.74) is 1.28. The molecule has 0 aromatic carbocycles. The maximum Gasteiger partial charge on any atom is 0.327 e. The molecule has 31 valence electrons. The number of rotatable bonds is 1. The molecule has 6 heavy (non-hydrogen) atoms. The van der Waals surface area contributed by atoms with E-state index in [4.69, 9.17) is 5.11 Å². The van der Waals surface area contributed by atoms with Gasteiger partial charge in [-0.05, 0) is 0 Å². The van der Waals surface area contributed by atoms with Crippen LogP contribution in [0.3, 0.4) is 0 Å². The van der Waals surface area contributed by atoms with E-state index in [9.17, 15) is 4.79 Å². The van der Waals surface area contributed by atoms with Crippen LogP contribution in [-0.2, 0) is 4.79 Å². The zero-order chi connectivity index (χ0) is 4.99. The third-order valence-electron chi connectivity index (χ3n) is 0.226. The first kappa shape index (κ1) is 5.43. The van der Waals surface area contributed by atoms with E-state index >= 15 is 0 Å². The van der Waals surface area contributed by atoms with Crippen molar-refractivity contribution in [1.29, 1.82) is 0 Å². The summed E-state index contributed by atoms with van der Waals surface area (Å²) < 4.78 is 0. The smallest absolute Gasteiger partial charge is 0.327 e. The van der Waals surface area contributed by atoms with Gasteiger partial charge in [0.05, 0.1) is 10.2 Å². The number of aliphatic carboxylic acids is 1. The number of carbonyl (C=O) groups is 1. The predicted octanol–water partition coefficient (Wildman–Crippen LogP) is -0.247. The van der Waals surface area contributed by atoms with Crippen LogP contribution in [0.1, 0.15) is 0 Å². The Bertz CT molecular complexity index is 76.9. The first-order valence-electron chi connectivity index (χ1n) is 1.34. The van der Waals surface area contributed by atoms with E-state index in [2.05, 4.69) is 10.2 Å². The SMILES string of the molecule is O=C(O)C=C[Si]. The lowest BCUT2D eigenvalue weighted by atomic mass is 10.7. The first-order valence-corrected chi connectivity index (χ1v) is 1.92. The summed E-state index contributed by atoms with van der Waals surface area (Å²) >= 11 is 0. The highest BCUT2D eigenvalue weighted by atomic mass is 28.1. The molecule has 0 saturated heterocycles. The van der Waals surface area contributed by atoms with Crippen molar-refractivity contribution in [3.8, 4) is 0 Å². The summed E-state index contributed by atoms with van der Waals surface area (Å²) in [6, 6.07) is 0. The fourth-order valence-electron chi connectivity index (χ4n) is 0.0713. The van der Waals surface area contributed by atoms with E-state index in [-0.39, 0.29) is 0 Å². The normalized spacial score (nSPS) is 9.50. The summed E-state index contributed by atoms with van der Waals surface area (Å²) in [5, 5.41) is 7.80. The van der Waals surface area contributed by atoms with E-state index in [1.807, 2.05) is 0 Å². The van der Waals surface area contributed by atoms with Gasteiger partial charge in [0.2, 0.25) is 0 Å². The Labute approximate surface area is 38.9 Å². The Hall–Kier alpha value is -0.573. The maximum atomic E-state index is 9.48. The van der Waals surface area contributed by atoms with Gasteiger partial charge < -0.3 is 5.11 Å². The van der Waals surface area contributed by atoms with Crippen LogP contribution in [0.15, 0.2) is 11.8 Å². The second-order valence-electron chi connectivity index (χ2n) is 0.672. The lowest BCUT2D eigenvalue weighted by molar-refractivity contribution is -0.131. The third kappa shape index (κ3) is 3.43. The molecule has 0 rings (SSSR count). The highest BCUT2D eigenvalue weighted by Crippen LogP contribution is 1.61. The highest BCUT2D eigenvalue weighted by Gasteiger charge is 1.76. The lowest BCUT2D eigenvalue weighted by Crippen LogP contribution is -1.84. The minimum Gasteiger partial charge on any atom is -0.478 e. The summed E-state index contributed by atoms with van der Waals surface area (Å²) in [6.07, 6.45) is 0.997. The molecule has 0 unspecified atom stereocenters. The molecule has 0 atom stereocenters. The van der Waals surface area contributed by atoms with Crippen molar-refractivity contribution < 1.29 is 9.90 Å². The Balaban J connectivity index is 3.30. The molecule has 0 fully saturated rings. The Morgan fingerprint density at radius 3 is 2.33 bits per heavy atom. The fourth-order valence-corrected chi connectivity index (χ4v) is 0.214. The van der Waals surface area contributed by atoms with Gasteiger partial charge in [-0.25, -0.2) is 4.79 Å². The zero-order valence-corrected chi connectivity index (χ0v) is 4.01. The minimum atomic E-state index is -0.940. The molecule has 0 aromatic heterocycles. The first-order chi connectivity index (χ1) is 2.77. The van der Waals surface area contributed by atoms with E-state index < -0.39 is 5.97 Å². The molecule has 0 aliphatic heterocycles. The maximum absolute atomic E-state index is 9.48. The van der Waals surface area contributed by atoms with Gasteiger partial charge in [-0.15, -0.1) is 0 Å². The van der Waals surface area contributed by atoms with E-state index in [0.29, 0.717) is 0 Å². The van der Waals surface area contributed by atoms with Crippen LogP contribution in [0.4, 0.5) is 0 Å². The molecule has 0 saturated carbocycles. The highest BCUT2D eigenvalue weighted by molar-refractivity contribution is 6.18. The number of carboxylic acid groups (broad SMARTS) is 1. The molecule has 0 amide bonds. The molecular weight excluding hydrogens is 96.1 g/mol. The van der Waals surface area contributed by atoms with Crippen LogP contribution in [-0.4, -0.2) is 21.3 Å². The molecule has 0 aliphatic rings. The predicted molar refractivity (Wildman–Crippen MR) is 22.5 cm³/mol. The molecule has 3 heteroatoms. The largest absolute Gasteiger partial charge is 0.478 e. The van der Waals surface area contributed by atoms with Crippen LogP contribution in [0.5, 0.6) is 0 Å². The van der Waals surface area contributed by atoms with Crippen LogP contribution < -0.4 is 0 Å². The Morgan fingerprint density at radius 1 is 1.83 bits per heavy atom. The van der Waals surface area contributed by atoms with Crippen LogP contribution >= 0.6 is 0 Å². The summed E-state index contributed by atoms with van der Waals surface area (Å²) in [6.45, 7) is 0. The van der Waals surface area contributed by atoms with Gasteiger partial charge in [-0.2, -0.15) is 0 Å². The molecular formula is C3H3O2Si. The van der Waals surface area contributed by atoms with Crippen molar-refractivity contribution in [2.24, 2.45) is 0 Å². The monoisotopic (exact) mass is 99.0 g/mol. The Morgan fingerprint density at radius 2 is 2.33 bits per heavy atom. The van der Waals surface area contributed by atoms with Gasteiger partial charge in [-0.3, -0.25) is 0 Å². The second kappa shape index (κ2) is 2.65. The number of carboxylic acids is 1. The molecule has 0 aliphatic carbocycles. The van der Waals surface area contributed by atoms with Gasteiger partial charge >= 0.3 is 5.97 Å². The summed E-state index contributed by atoms with van der Waals surface area (Å²) in [7, 11) is 2.83. The summed E-state index contributed by atoms with van der Waals surface area (Å²) in [5.74, 6) is -0.940. The van der Waals surface area contributed by atoms with Crippen molar-refractivity contribution in [2.45, 2.75) is 0 Å². The zero-order valence-electron chi connectivity index (χ0n) is 3.01. The molecule has 1 N–H and O–H groups in total. The van der Waals surface area contributed by atoms with E-state index in [1.54, 1.807) is 0 Å². The molecule has 3 radical (unpaired) electrons. The number of hydrogen-bond acceptors (Lipinski definition) is 1. The van der Waals surface area contributed by atoms with Crippen molar-refractivity contribution >= 4 is 16.2 Å². The van der Waals surface area contributed by atoms with Crippen LogP contribution in [0, 0.1) is 0 Å². The molecule has 0 heterocycles. The molecule has 0 bridgehead atoms. The van der Waals surface area contributed by atoms with Gasteiger partial charge in [0.1, 0.15) is 0 Å². The van der Waals surface area contributed by atoms with Crippen LogP contribution in [0.25, 0.3) is 0 Å². The molecule has 0 spiro atoms. The van der Waals surface area contributed by atoms with Crippen molar-refractivity contribution in [3.05, 3.63) is 11.8 Å². The minimum absolute atomic E-state index is 0.940. The quantitative estimate of drug-likeness (QED) is 0.363. The lowest BCUT2D eigenvalue weighted by Gasteiger charge is -1.68. The van der Waals surface area contributed by atoms with Crippen molar-refractivity contribution in [2.75, 3.05) is 0 Å². The number of hydrogen-bond donors (Lipinski definition) is 1. The third-order valence-corrected chi connectivity index (χ3v) is 0.393. The molecule has 2 nitrogen and oxygen atoms in total. The van der Waals surface area contributed by atoms with Gasteiger partial charge in [0.25, 0.3) is 0 Å². The standard InChI is InChI=1S/C3H3O2Si/c4-3(5)1-2-6/h1-2H,(H,4,5).